The van der Waals surface area contributed by atoms with Crippen LogP contribution < -0.4 is 14.2 Å². The number of nitrogens with zero attached hydrogens (tertiary/aromatic N) is 1. The van der Waals surface area contributed by atoms with E-state index in [0.29, 0.717) is 34.5 Å². The van der Waals surface area contributed by atoms with Gasteiger partial charge < -0.3 is 19.1 Å². The highest BCUT2D eigenvalue weighted by Gasteiger charge is 2.26. The molecule has 1 amide bonds. The predicted molar refractivity (Wildman–Crippen MR) is 172 cm³/mol. The number of benzene rings is 4. The lowest BCUT2D eigenvalue weighted by molar-refractivity contribution is -0.149. The van der Waals surface area contributed by atoms with Crippen LogP contribution in [0.3, 0.4) is 0 Å². The molecule has 10 heteroatoms. The van der Waals surface area contributed by atoms with Gasteiger partial charge in [0.2, 0.25) is 0 Å². The van der Waals surface area contributed by atoms with Crippen molar-refractivity contribution in [3.05, 3.63) is 107 Å². The van der Waals surface area contributed by atoms with E-state index in [1.54, 1.807) is 69.7 Å². The van der Waals surface area contributed by atoms with Crippen molar-refractivity contribution in [1.29, 1.82) is 0 Å². The Hall–Kier alpha value is -4.83. The third-order valence-electron chi connectivity index (χ3n) is 7.72. The number of amides is 1. The van der Waals surface area contributed by atoms with Crippen LogP contribution in [-0.2, 0) is 32.4 Å². The number of methoxy groups -OCH3 is 2. The number of anilines is 1. The van der Waals surface area contributed by atoms with Gasteiger partial charge in [0.1, 0.15) is 22.5 Å². The monoisotopic (exact) mass is 628 g/mol. The lowest BCUT2D eigenvalue weighted by Crippen LogP contribution is -2.21. The number of aryl methyl sites for hydroxylation is 1. The highest BCUT2D eigenvalue weighted by Crippen LogP contribution is 2.36. The molecule has 0 spiro atoms. The van der Waals surface area contributed by atoms with Gasteiger partial charge in [0, 0.05) is 25.3 Å². The zero-order valence-electron chi connectivity index (χ0n) is 25.7. The van der Waals surface area contributed by atoms with Gasteiger partial charge in [-0.3, -0.25) is 14.3 Å². The first-order valence-electron chi connectivity index (χ1n) is 14.6. The molecule has 1 N–H and O–H groups in total. The Kier molecular flexibility index (Phi) is 9.43. The minimum absolute atomic E-state index is 0.0502. The number of rotatable bonds is 10. The van der Waals surface area contributed by atoms with Crippen molar-refractivity contribution >= 4 is 27.6 Å². The van der Waals surface area contributed by atoms with E-state index in [1.165, 1.54) is 18.1 Å². The summed E-state index contributed by atoms with van der Waals surface area (Å²) in [5.74, 6) is 0.311. The number of hydrogen-bond acceptors (Lipinski definition) is 7. The van der Waals surface area contributed by atoms with Gasteiger partial charge in [-0.05, 0) is 95.6 Å². The summed E-state index contributed by atoms with van der Waals surface area (Å²) in [6.45, 7) is 0. The van der Waals surface area contributed by atoms with Gasteiger partial charge >= 0.3 is 5.97 Å². The topological polar surface area (TPSA) is 111 Å². The second-order valence-corrected chi connectivity index (χ2v) is 12.7. The largest absolute Gasteiger partial charge is 0.497 e. The first-order chi connectivity index (χ1) is 21.6. The van der Waals surface area contributed by atoms with Crippen LogP contribution in [0.25, 0.3) is 11.1 Å². The summed E-state index contributed by atoms with van der Waals surface area (Å²) in [5.41, 5.74) is 4.70. The number of carbonyl (C=O) groups is 2. The SMILES string of the molecule is COc1cccc(CC(=O)OC2CCCc3ccc(NS(=O)(=O)c4cc(-c5cccc(C(=O)N(C)C)c5)ccc4OC)cc32)c1. The summed E-state index contributed by atoms with van der Waals surface area (Å²) in [7, 11) is 2.22. The summed E-state index contributed by atoms with van der Waals surface area (Å²) in [6, 6.07) is 24.5. The minimum atomic E-state index is -4.11. The molecule has 4 aromatic carbocycles. The van der Waals surface area contributed by atoms with E-state index in [0.717, 1.165) is 29.5 Å². The van der Waals surface area contributed by atoms with E-state index in [-0.39, 0.29) is 28.9 Å². The van der Waals surface area contributed by atoms with Crippen molar-refractivity contribution in [2.45, 2.75) is 36.7 Å². The van der Waals surface area contributed by atoms with E-state index < -0.39 is 16.1 Å². The van der Waals surface area contributed by atoms with E-state index in [4.69, 9.17) is 14.2 Å². The molecule has 45 heavy (non-hydrogen) atoms. The van der Waals surface area contributed by atoms with Crippen LogP contribution in [0, 0.1) is 0 Å². The van der Waals surface area contributed by atoms with Crippen molar-refractivity contribution in [3.63, 3.8) is 0 Å². The quantitative estimate of drug-likeness (QED) is 0.213. The van der Waals surface area contributed by atoms with Gasteiger partial charge in [-0.2, -0.15) is 0 Å². The normalized spacial score (nSPS) is 14.2. The second-order valence-electron chi connectivity index (χ2n) is 11.1. The number of sulfonamides is 1. The number of hydrogen-bond donors (Lipinski definition) is 1. The summed E-state index contributed by atoms with van der Waals surface area (Å²) in [4.78, 5) is 26.8. The van der Waals surface area contributed by atoms with E-state index in [1.807, 2.05) is 30.3 Å². The van der Waals surface area contributed by atoms with E-state index in [9.17, 15) is 18.0 Å². The molecular weight excluding hydrogens is 592 g/mol. The van der Waals surface area contributed by atoms with Crippen molar-refractivity contribution < 1.29 is 32.2 Å². The number of carbonyl (C=O) groups excluding carboxylic acids is 2. The summed E-state index contributed by atoms with van der Waals surface area (Å²) >= 11 is 0. The van der Waals surface area contributed by atoms with Crippen molar-refractivity contribution in [2.75, 3.05) is 33.0 Å². The van der Waals surface area contributed by atoms with Gasteiger partial charge in [0.15, 0.2) is 0 Å². The fraction of sp³-hybridized carbons (Fsp3) is 0.257. The molecule has 4 aromatic rings. The van der Waals surface area contributed by atoms with E-state index >= 15 is 0 Å². The highest BCUT2D eigenvalue weighted by molar-refractivity contribution is 7.92. The third kappa shape index (κ3) is 7.29. The Balaban J connectivity index is 1.39. The molecule has 0 heterocycles. The molecule has 9 nitrogen and oxygen atoms in total. The Bertz CT molecular complexity index is 1840. The molecule has 0 saturated carbocycles. The average molecular weight is 629 g/mol. The molecule has 1 unspecified atom stereocenters. The van der Waals surface area contributed by atoms with Gasteiger partial charge in [-0.1, -0.05) is 36.4 Å². The van der Waals surface area contributed by atoms with Crippen molar-refractivity contribution in [2.24, 2.45) is 0 Å². The molecule has 1 atom stereocenters. The molecule has 0 aromatic heterocycles. The van der Waals surface area contributed by atoms with Gasteiger partial charge in [-0.15, -0.1) is 0 Å². The van der Waals surface area contributed by atoms with Crippen LogP contribution in [-0.4, -0.2) is 53.5 Å². The summed E-state index contributed by atoms with van der Waals surface area (Å²) in [6.07, 6.45) is 1.89. The zero-order valence-corrected chi connectivity index (χ0v) is 26.5. The molecule has 0 aliphatic heterocycles. The molecular formula is C35H36N2O7S. The number of fused-ring (bicyclic) bond motifs is 1. The standard InChI is InChI=1S/C35H36N2O7S/c1-37(2)35(39)27-11-6-10-25(20-27)26-15-17-32(43-4)33(21-26)45(40,41)36-28-16-14-24-9-7-13-31(30(24)22-28)44-34(38)19-23-8-5-12-29(18-23)42-3/h5-6,8,10-12,14-18,20-22,31,36H,7,9,13,19H2,1-4H3. The number of esters is 1. The average Bonchev–Trinajstić information content (AvgIpc) is 3.04. The summed E-state index contributed by atoms with van der Waals surface area (Å²) in [5, 5.41) is 0. The zero-order chi connectivity index (χ0) is 32.1. The van der Waals surface area contributed by atoms with E-state index in [2.05, 4.69) is 4.72 Å². The van der Waals surface area contributed by atoms with Gasteiger partial charge in [0.25, 0.3) is 15.9 Å². The molecule has 0 radical (unpaired) electrons. The molecule has 0 fully saturated rings. The second kappa shape index (κ2) is 13.4. The third-order valence-corrected chi connectivity index (χ3v) is 9.12. The first kappa shape index (κ1) is 31.6. The van der Waals surface area contributed by atoms with Crippen LogP contribution in [0.15, 0.2) is 89.8 Å². The van der Waals surface area contributed by atoms with Gasteiger partial charge in [0.05, 0.1) is 20.6 Å². The van der Waals surface area contributed by atoms with Crippen LogP contribution in [0.5, 0.6) is 11.5 Å². The number of ether oxygens (including phenoxy) is 3. The Morgan fingerprint density at radius 3 is 2.42 bits per heavy atom. The smallest absolute Gasteiger partial charge is 0.310 e. The lowest BCUT2D eigenvalue weighted by Gasteiger charge is -2.26. The van der Waals surface area contributed by atoms with Crippen LogP contribution in [0.4, 0.5) is 5.69 Å². The predicted octanol–water partition coefficient (Wildman–Crippen LogP) is 6.04. The van der Waals surface area contributed by atoms with Crippen molar-refractivity contribution in [1.82, 2.24) is 4.90 Å². The summed E-state index contributed by atoms with van der Waals surface area (Å²) < 4.78 is 46.8. The first-order valence-corrected chi connectivity index (χ1v) is 16.0. The maximum atomic E-state index is 13.8. The highest BCUT2D eigenvalue weighted by atomic mass is 32.2. The lowest BCUT2D eigenvalue weighted by atomic mass is 9.89. The molecule has 234 valence electrons. The van der Waals surface area contributed by atoms with Crippen LogP contribution in [0.2, 0.25) is 0 Å². The molecule has 1 aliphatic carbocycles. The van der Waals surface area contributed by atoms with Crippen molar-refractivity contribution in [3.8, 4) is 22.6 Å². The fourth-order valence-electron chi connectivity index (χ4n) is 5.46. The maximum absolute atomic E-state index is 13.8. The fourth-order valence-corrected chi connectivity index (χ4v) is 6.70. The molecule has 0 bridgehead atoms. The Morgan fingerprint density at radius 1 is 0.889 bits per heavy atom. The van der Waals surface area contributed by atoms with Crippen LogP contribution >= 0.6 is 0 Å². The molecule has 1 aliphatic rings. The number of nitrogens with one attached hydrogen (secondary N) is 1. The maximum Gasteiger partial charge on any atom is 0.310 e. The minimum Gasteiger partial charge on any atom is -0.497 e. The molecule has 5 rings (SSSR count). The Morgan fingerprint density at radius 2 is 1.67 bits per heavy atom. The molecule has 0 saturated heterocycles. The van der Waals surface area contributed by atoms with Gasteiger partial charge in [-0.25, -0.2) is 8.42 Å². The van der Waals surface area contributed by atoms with Crippen LogP contribution in [0.1, 0.15) is 46.0 Å². The Labute approximate surface area is 263 Å².